The molecule has 0 spiro atoms. The maximum absolute atomic E-state index is 11.7. The molecule has 0 aromatic carbocycles. The lowest BCUT2D eigenvalue weighted by Crippen LogP contribution is -2.40. The summed E-state index contributed by atoms with van der Waals surface area (Å²) in [6.45, 7) is 3.48. The quantitative estimate of drug-likeness (QED) is 0.881. The van der Waals surface area contributed by atoms with E-state index in [1.807, 2.05) is 12.1 Å². The topological polar surface area (TPSA) is 63.7 Å². The molecule has 0 bridgehead atoms. The van der Waals surface area contributed by atoms with E-state index in [2.05, 4.69) is 33.4 Å². The minimum absolute atomic E-state index is 0.00440. The van der Waals surface area contributed by atoms with Gasteiger partial charge in [-0.05, 0) is 50.1 Å². The molecule has 1 N–H and O–H groups in total. The first kappa shape index (κ1) is 18.0. The summed E-state index contributed by atoms with van der Waals surface area (Å²) in [4.78, 5) is 18.4. The fourth-order valence-electron chi connectivity index (χ4n) is 4.02. The summed E-state index contributed by atoms with van der Waals surface area (Å²) in [6.07, 6.45) is 11.4. The van der Waals surface area contributed by atoms with Crippen molar-refractivity contribution in [1.29, 1.82) is 0 Å². The van der Waals surface area contributed by atoms with E-state index in [-0.39, 0.29) is 17.9 Å². The van der Waals surface area contributed by atoms with E-state index < -0.39 is 0 Å². The number of ether oxygens (including phenoxy) is 2. The van der Waals surface area contributed by atoms with Crippen molar-refractivity contribution in [2.75, 3.05) is 33.3 Å². The van der Waals surface area contributed by atoms with Gasteiger partial charge >= 0.3 is 0 Å². The summed E-state index contributed by atoms with van der Waals surface area (Å²) in [6, 6.07) is 3.75. The summed E-state index contributed by atoms with van der Waals surface area (Å²) in [5, 5.41) is 2.77. The van der Waals surface area contributed by atoms with Crippen LogP contribution >= 0.6 is 0 Å². The third-order valence-electron chi connectivity index (χ3n) is 5.70. The van der Waals surface area contributed by atoms with Gasteiger partial charge in [0.1, 0.15) is 12.7 Å². The summed E-state index contributed by atoms with van der Waals surface area (Å²) < 4.78 is 11.8. The number of carbonyl (C=O) groups excluding carboxylic acids is 1. The first-order chi connectivity index (χ1) is 13.2. The van der Waals surface area contributed by atoms with Gasteiger partial charge < -0.3 is 14.8 Å². The maximum Gasteiger partial charge on any atom is 0.257 e. The lowest BCUT2D eigenvalue weighted by Gasteiger charge is -2.33. The molecule has 6 heteroatoms. The van der Waals surface area contributed by atoms with E-state index in [0.29, 0.717) is 18.4 Å². The highest BCUT2D eigenvalue weighted by Crippen LogP contribution is 2.33. The standard InChI is InChI=1S/C21H27N3O3/c1-22-20(25)17-8-11-24(12-9-17)13-15-4-6-16(7-5-15)19-14-26-18-3-2-10-23-21(18)27-19/h2-6,10,16-17,19H,7-9,11-14H2,1H3,(H,22,25)/t16?,19-/m1/s1. The van der Waals surface area contributed by atoms with Crippen LogP contribution in [0.5, 0.6) is 11.6 Å². The Morgan fingerprint density at radius 2 is 2.22 bits per heavy atom. The number of hydrogen-bond donors (Lipinski definition) is 1. The Balaban J connectivity index is 1.26. The summed E-state index contributed by atoms with van der Waals surface area (Å²) in [5.41, 5.74) is 1.35. The number of aromatic nitrogens is 1. The minimum Gasteiger partial charge on any atom is -0.484 e. The molecular formula is C21H27N3O3. The van der Waals surface area contributed by atoms with Crippen LogP contribution in [0.15, 0.2) is 42.1 Å². The summed E-state index contributed by atoms with van der Waals surface area (Å²) in [5.74, 6) is 1.98. The van der Waals surface area contributed by atoms with E-state index in [0.717, 1.165) is 44.6 Å². The van der Waals surface area contributed by atoms with Crippen LogP contribution in [0, 0.1) is 11.8 Å². The molecule has 0 radical (unpaired) electrons. The predicted molar refractivity (Wildman–Crippen MR) is 103 cm³/mol. The number of hydrogen-bond acceptors (Lipinski definition) is 5. The Bertz CT molecular complexity index is 738. The van der Waals surface area contributed by atoms with Crippen molar-refractivity contribution in [1.82, 2.24) is 15.2 Å². The molecule has 144 valence electrons. The molecule has 27 heavy (non-hydrogen) atoms. The molecule has 1 fully saturated rings. The van der Waals surface area contributed by atoms with Crippen LogP contribution in [0.2, 0.25) is 0 Å². The van der Waals surface area contributed by atoms with E-state index in [1.54, 1.807) is 13.2 Å². The fourth-order valence-corrected chi connectivity index (χ4v) is 4.02. The van der Waals surface area contributed by atoms with Gasteiger partial charge in [-0.2, -0.15) is 0 Å². The van der Waals surface area contributed by atoms with Crippen LogP contribution in [0.25, 0.3) is 0 Å². The van der Waals surface area contributed by atoms with Gasteiger partial charge in [0.15, 0.2) is 5.75 Å². The van der Waals surface area contributed by atoms with Crippen LogP contribution in [0.4, 0.5) is 0 Å². The molecule has 2 atom stereocenters. The number of pyridine rings is 1. The molecule has 1 unspecified atom stereocenters. The Morgan fingerprint density at radius 1 is 1.37 bits per heavy atom. The molecule has 4 rings (SSSR count). The second-order valence-corrected chi connectivity index (χ2v) is 7.48. The largest absolute Gasteiger partial charge is 0.484 e. The number of nitrogens with zero attached hydrogens (tertiary/aromatic N) is 2. The zero-order valence-corrected chi connectivity index (χ0v) is 15.8. The predicted octanol–water partition coefficient (Wildman–Crippen LogP) is 2.18. The number of fused-ring (bicyclic) bond motifs is 1. The average Bonchev–Trinajstić information content (AvgIpc) is 2.74. The molecule has 0 saturated carbocycles. The first-order valence-electron chi connectivity index (χ1n) is 9.78. The molecule has 2 aliphatic heterocycles. The van der Waals surface area contributed by atoms with E-state index in [4.69, 9.17) is 9.47 Å². The Morgan fingerprint density at radius 3 is 2.96 bits per heavy atom. The Hall–Kier alpha value is -2.34. The van der Waals surface area contributed by atoms with Crippen molar-refractivity contribution < 1.29 is 14.3 Å². The average molecular weight is 369 g/mol. The monoisotopic (exact) mass is 369 g/mol. The Kier molecular flexibility index (Phi) is 5.43. The third-order valence-corrected chi connectivity index (χ3v) is 5.70. The van der Waals surface area contributed by atoms with E-state index in [9.17, 15) is 4.79 Å². The fraction of sp³-hybridized carbons (Fsp3) is 0.524. The molecule has 6 nitrogen and oxygen atoms in total. The molecule has 1 aromatic heterocycles. The van der Waals surface area contributed by atoms with Crippen LogP contribution in [0.1, 0.15) is 19.3 Å². The number of allylic oxidation sites excluding steroid dienone is 1. The lowest BCUT2D eigenvalue weighted by atomic mass is 9.91. The second kappa shape index (κ2) is 8.13. The molecule has 1 aromatic rings. The number of rotatable bonds is 4. The first-order valence-corrected chi connectivity index (χ1v) is 9.78. The molecule has 1 saturated heterocycles. The van der Waals surface area contributed by atoms with E-state index >= 15 is 0 Å². The van der Waals surface area contributed by atoms with Gasteiger partial charge in [0.25, 0.3) is 5.88 Å². The second-order valence-electron chi connectivity index (χ2n) is 7.48. The van der Waals surface area contributed by atoms with Crippen molar-refractivity contribution in [3.8, 4) is 11.6 Å². The van der Waals surface area contributed by atoms with Gasteiger partial charge in [0.05, 0.1) is 0 Å². The third kappa shape index (κ3) is 4.16. The highest BCUT2D eigenvalue weighted by molar-refractivity contribution is 5.78. The van der Waals surface area contributed by atoms with Gasteiger partial charge in [-0.15, -0.1) is 0 Å². The SMILES string of the molecule is CNC(=O)C1CCN(CC2=CCC([C@H]3COc4cccnc4O3)C=C2)CC1. The van der Waals surface area contributed by atoms with Gasteiger partial charge in [-0.1, -0.05) is 18.2 Å². The number of amides is 1. The van der Waals surface area contributed by atoms with Crippen LogP contribution in [0.3, 0.4) is 0 Å². The van der Waals surface area contributed by atoms with Crippen LogP contribution < -0.4 is 14.8 Å². The molecule has 3 heterocycles. The number of likely N-dealkylation sites (tertiary alicyclic amines) is 1. The van der Waals surface area contributed by atoms with Crippen LogP contribution in [-0.4, -0.2) is 55.2 Å². The van der Waals surface area contributed by atoms with Crippen LogP contribution in [-0.2, 0) is 4.79 Å². The Labute approximate surface area is 160 Å². The number of piperidine rings is 1. The summed E-state index contributed by atoms with van der Waals surface area (Å²) in [7, 11) is 1.72. The zero-order valence-electron chi connectivity index (χ0n) is 15.8. The summed E-state index contributed by atoms with van der Waals surface area (Å²) >= 11 is 0. The molecule has 1 aliphatic carbocycles. The van der Waals surface area contributed by atoms with Crippen molar-refractivity contribution in [3.63, 3.8) is 0 Å². The van der Waals surface area contributed by atoms with Crippen molar-refractivity contribution in [2.45, 2.75) is 25.4 Å². The van der Waals surface area contributed by atoms with Crippen molar-refractivity contribution >= 4 is 5.91 Å². The van der Waals surface area contributed by atoms with Gasteiger partial charge in [0, 0.05) is 31.6 Å². The van der Waals surface area contributed by atoms with Gasteiger partial charge in [-0.25, -0.2) is 4.98 Å². The zero-order chi connectivity index (χ0) is 18.6. The smallest absolute Gasteiger partial charge is 0.257 e. The van der Waals surface area contributed by atoms with Gasteiger partial charge in [0.2, 0.25) is 5.91 Å². The van der Waals surface area contributed by atoms with Crippen molar-refractivity contribution in [2.24, 2.45) is 11.8 Å². The highest BCUT2D eigenvalue weighted by atomic mass is 16.6. The molecule has 1 amide bonds. The van der Waals surface area contributed by atoms with E-state index in [1.165, 1.54) is 5.57 Å². The minimum atomic E-state index is 0.00440. The normalized spacial score (nSPS) is 25.7. The molecular weight excluding hydrogens is 342 g/mol. The maximum atomic E-state index is 11.7. The number of nitrogens with one attached hydrogen (secondary N) is 1. The lowest BCUT2D eigenvalue weighted by molar-refractivity contribution is -0.125. The van der Waals surface area contributed by atoms with Gasteiger partial charge in [-0.3, -0.25) is 9.69 Å². The highest BCUT2D eigenvalue weighted by Gasteiger charge is 2.29. The van der Waals surface area contributed by atoms with Crippen molar-refractivity contribution in [3.05, 3.63) is 42.1 Å². The molecule has 3 aliphatic rings. The number of carbonyl (C=O) groups is 1.